The average molecular weight is 377 g/mol. The fourth-order valence-electron chi connectivity index (χ4n) is 2.98. The number of hydrogen-bond acceptors (Lipinski definition) is 5. The number of esters is 1. The molecule has 150 valence electrons. The third-order valence-electron chi connectivity index (χ3n) is 4.82. The van der Waals surface area contributed by atoms with Crippen LogP contribution in [-0.4, -0.2) is 29.2 Å². The molecule has 1 saturated carbocycles. The SMILES string of the molecule is NC(=O)C1(OC(=O)CCCCCCCCCCOc2cccc(O)c2)CC1. The number of phenols is 1. The molecule has 0 unspecified atom stereocenters. The van der Waals surface area contributed by atoms with Crippen molar-refractivity contribution in [3.63, 3.8) is 0 Å². The molecular formula is C21H31NO5. The van der Waals surface area contributed by atoms with Crippen LogP contribution < -0.4 is 10.5 Å². The molecule has 0 aromatic heterocycles. The fourth-order valence-corrected chi connectivity index (χ4v) is 2.98. The Kier molecular flexibility index (Phi) is 8.43. The van der Waals surface area contributed by atoms with E-state index in [1.165, 1.54) is 12.8 Å². The second-order valence-electron chi connectivity index (χ2n) is 7.26. The van der Waals surface area contributed by atoms with Gasteiger partial charge in [0.2, 0.25) is 0 Å². The Bertz CT molecular complexity index is 612. The number of primary amides is 1. The second-order valence-corrected chi connectivity index (χ2v) is 7.26. The Morgan fingerprint density at radius 1 is 1.00 bits per heavy atom. The summed E-state index contributed by atoms with van der Waals surface area (Å²) in [6.45, 7) is 0.665. The summed E-state index contributed by atoms with van der Waals surface area (Å²) in [6.07, 6.45) is 10.0. The van der Waals surface area contributed by atoms with Crippen LogP contribution in [-0.2, 0) is 14.3 Å². The molecule has 0 saturated heterocycles. The van der Waals surface area contributed by atoms with Gasteiger partial charge in [-0.05, 0) is 25.0 Å². The van der Waals surface area contributed by atoms with Gasteiger partial charge in [0, 0.05) is 25.3 Å². The Morgan fingerprint density at radius 2 is 1.63 bits per heavy atom. The molecule has 1 aliphatic rings. The highest BCUT2D eigenvalue weighted by molar-refractivity contribution is 5.89. The lowest BCUT2D eigenvalue weighted by atomic mass is 10.1. The normalized spacial score (nSPS) is 14.5. The van der Waals surface area contributed by atoms with Gasteiger partial charge in [0.1, 0.15) is 11.5 Å². The molecule has 1 fully saturated rings. The van der Waals surface area contributed by atoms with Gasteiger partial charge in [-0.2, -0.15) is 0 Å². The third-order valence-corrected chi connectivity index (χ3v) is 4.82. The quantitative estimate of drug-likeness (QED) is 0.379. The summed E-state index contributed by atoms with van der Waals surface area (Å²) < 4.78 is 10.8. The van der Waals surface area contributed by atoms with Crippen LogP contribution >= 0.6 is 0 Å². The van der Waals surface area contributed by atoms with E-state index in [-0.39, 0.29) is 11.7 Å². The zero-order chi connectivity index (χ0) is 19.5. The number of amides is 1. The van der Waals surface area contributed by atoms with Crippen molar-refractivity contribution in [2.45, 2.75) is 76.2 Å². The molecule has 1 amide bonds. The van der Waals surface area contributed by atoms with Crippen LogP contribution in [0.3, 0.4) is 0 Å². The minimum absolute atomic E-state index is 0.223. The average Bonchev–Trinajstić information content (AvgIpc) is 3.40. The first-order chi connectivity index (χ1) is 13.0. The summed E-state index contributed by atoms with van der Waals surface area (Å²) in [5.74, 6) is 0.0961. The van der Waals surface area contributed by atoms with E-state index in [1.807, 2.05) is 6.07 Å². The maximum absolute atomic E-state index is 11.7. The van der Waals surface area contributed by atoms with E-state index in [2.05, 4.69) is 0 Å². The number of ether oxygens (including phenoxy) is 2. The van der Waals surface area contributed by atoms with E-state index in [0.717, 1.165) is 38.5 Å². The number of benzene rings is 1. The molecule has 1 aromatic carbocycles. The molecule has 0 aliphatic heterocycles. The first-order valence-electron chi connectivity index (χ1n) is 9.95. The van der Waals surface area contributed by atoms with E-state index in [0.29, 0.717) is 31.6 Å². The standard InChI is InChI=1S/C21H31NO5/c22-20(25)21(13-14-21)27-19(24)12-7-5-3-1-2-4-6-8-15-26-18-11-9-10-17(23)16-18/h9-11,16,23H,1-8,12-15H2,(H2,22,25). The Morgan fingerprint density at radius 3 is 2.22 bits per heavy atom. The first-order valence-corrected chi connectivity index (χ1v) is 9.95. The summed E-state index contributed by atoms with van der Waals surface area (Å²) in [5.41, 5.74) is 4.25. The van der Waals surface area contributed by atoms with Crippen LogP contribution in [0.4, 0.5) is 0 Å². The van der Waals surface area contributed by atoms with E-state index in [9.17, 15) is 14.7 Å². The molecule has 1 aliphatic carbocycles. The summed E-state index contributed by atoms with van der Waals surface area (Å²) in [4.78, 5) is 22.9. The monoisotopic (exact) mass is 377 g/mol. The van der Waals surface area contributed by atoms with Crippen molar-refractivity contribution < 1.29 is 24.2 Å². The van der Waals surface area contributed by atoms with Gasteiger partial charge in [-0.15, -0.1) is 0 Å². The third kappa shape index (κ3) is 7.89. The largest absolute Gasteiger partial charge is 0.508 e. The van der Waals surface area contributed by atoms with Crippen LogP contribution in [0, 0.1) is 0 Å². The molecule has 3 N–H and O–H groups in total. The van der Waals surface area contributed by atoms with Gasteiger partial charge in [0.05, 0.1) is 6.61 Å². The number of carbonyl (C=O) groups excluding carboxylic acids is 2. The zero-order valence-corrected chi connectivity index (χ0v) is 16.0. The fraction of sp³-hybridized carbons (Fsp3) is 0.619. The highest BCUT2D eigenvalue weighted by atomic mass is 16.6. The van der Waals surface area contributed by atoms with Crippen LogP contribution in [0.15, 0.2) is 24.3 Å². The van der Waals surface area contributed by atoms with Crippen molar-refractivity contribution in [1.82, 2.24) is 0 Å². The second kappa shape index (κ2) is 10.8. The van der Waals surface area contributed by atoms with E-state index in [1.54, 1.807) is 18.2 Å². The van der Waals surface area contributed by atoms with Crippen LogP contribution in [0.5, 0.6) is 11.5 Å². The lowest BCUT2D eigenvalue weighted by Gasteiger charge is -2.12. The molecule has 0 bridgehead atoms. The number of carbonyl (C=O) groups is 2. The Balaban J connectivity index is 1.36. The predicted molar refractivity (Wildman–Crippen MR) is 102 cm³/mol. The van der Waals surface area contributed by atoms with Crippen molar-refractivity contribution in [3.05, 3.63) is 24.3 Å². The van der Waals surface area contributed by atoms with Crippen LogP contribution in [0.1, 0.15) is 70.6 Å². The topological polar surface area (TPSA) is 98.9 Å². The highest BCUT2D eigenvalue weighted by Gasteiger charge is 2.52. The minimum Gasteiger partial charge on any atom is -0.508 e. The first kappa shape index (κ1) is 21.1. The van der Waals surface area contributed by atoms with E-state index < -0.39 is 11.5 Å². The summed E-state index contributed by atoms with van der Waals surface area (Å²) >= 11 is 0. The number of phenolic OH excluding ortho intramolecular Hbond substituents is 1. The molecule has 1 aromatic rings. The summed E-state index contributed by atoms with van der Waals surface area (Å²) in [7, 11) is 0. The molecule has 0 spiro atoms. The number of nitrogens with two attached hydrogens (primary N) is 1. The van der Waals surface area contributed by atoms with Gasteiger partial charge in [-0.3, -0.25) is 9.59 Å². The van der Waals surface area contributed by atoms with Crippen molar-refractivity contribution in [2.24, 2.45) is 5.73 Å². The van der Waals surface area contributed by atoms with Crippen LogP contribution in [0.25, 0.3) is 0 Å². The van der Waals surface area contributed by atoms with Crippen LogP contribution in [0.2, 0.25) is 0 Å². The predicted octanol–water partition coefficient (Wildman–Crippen LogP) is 3.84. The molecule has 6 nitrogen and oxygen atoms in total. The maximum Gasteiger partial charge on any atom is 0.306 e. The lowest BCUT2D eigenvalue weighted by molar-refractivity contribution is -0.157. The van der Waals surface area contributed by atoms with Gasteiger partial charge in [-0.25, -0.2) is 0 Å². The number of rotatable bonds is 14. The maximum atomic E-state index is 11.7. The van der Waals surface area contributed by atoms with Gasteiger partial charge in [0.15, 0.2) is 5.60 Å². The number of hydrogen-bond donors (Lipinski definition) is 2. The van der Waals surface area contributed by atoms with Gasteiger partial charge in [0.25, 0.3) is 5.91 Å². The Hall–Kier alpha value is -2.24. The van der Waals surface area contributed by atoms with Gasteiger partial charge < -0.3 is 20.3 Å². The van der Waals surface area contributed by atoms with E-state index >= 15 is 0 Å². The molecule has 0 radical (unpaired) electrons. The van der Waals surface area contributed by atoms with Crippen molar-refractivity contribution in [2.75, 3.05) is 6.61 Å². The smallest absolute Gasteiger partial charge is 0.306 e. The van der Waals surface area contributed by atoms with Crippen molar-refractivity contribution in [1.29, 1.82) is 0 Å². The van der Waals surface area contributed by atoms with E-state index in [4.69, 9.17) is 15.2 Å². The Labute approximate surface area is 161 Å². The number of aromatic hydroxyl groups is 1. The number of unbranched alkanes of at least 4 members (excludes halogenated alkanes) is 7. The molecular weight excluding hydrogens is 346 g/mol. The molecule has 27 heavy (non-hydrogen) atoms. The van der Waals surface area contributed by atoms with Crippen molar-refractivity contribution >= 4 is 11.9 Å². The lowest BCUT2D eigenvalue weighted by Crippen LogP contribution is -2.35. The minimum atomic E-state index is -0.984. The summed E-state index contributed by atoms with van der Waals surface area (Å²) in [6, 6.07) is 6.86. The van der Waals surface area contributed by atoms with Gasteiger partial charge >= 0.3 is 5.97 Å². The molecule has 6 heteroatoms. The molecule has 0 atom stereocenters. The van der Waals surface area contributed by atoms with Gasteiger partial charge in [-0.1, -0.05) is 44.6 Å². The zero-order valence-electron chi connectivity index (χ0n) is 16.0. The van der Waals surface area contributed by atoms with Crippen molar-refractivity contribution in [3.8, 4) is 11.5 Å². The molecule has 0 heterocycles. The summed E-state index contributed by atoms with van der Waals surface area (Å²) in [5, 5.41) is 9.35. The highest BCUT2D eigenvalue weighted by Crippen LogP contribution is 2.39. The molecule has 2 rings (SSSR count).